The molecule has 4 rings (SSSR count). The summed E-state index contributed by atoms with van der Waals surface area (Å²) in [5.74, 6) is 1.67. The number of nitro benzene ring substituents is 1. The Morgan fingerprint density at radius 2 is 1.85 bits per heavy atom. The lowest BCUT2D eigenvalue weighted by molar-refractivity contribution is -0.384. The molecule has 2 aromatic rings. The van der Waals surface area contributed by atoms with Gasteiger partial charge in [-0.05, 0) is 69.9 Å². The van der Waals surface area contributed by atoms with Crippen LogP contribution in [0.3, 0.4) is 0 Å². The van der Waals surface area contributed by atoms with Gasteiger partial charge in [-0.25, -0.2) is 9.78 Å². The fraction of sp³-hybridized carbons (Fsp3) is 0.542. The smallest absolute Gasteiger partial charge is 0.319 e. The van der Waals surface area contributed by atoms with Crippen LogP contribution in [0, 0.1) is 17.0 Å². The third-order valence-corrected chi connectivity index (χ3v) is 6.87. The van der Waals surface area contributed by atoms with Crippen molar-refractivity contribution in [3.05, 3.63) is 45.1 Å². The summed E-state index contributed by atoms with van der Waals surface area (Å²) in [6.45, 7) is 1.77. The maximum atomic E-state index is 12.4. The number of rotatable bonds is 6. The largest absolute Gasteiger partial charge is 0.362 e. The molecule has 1 fully saturated rings. The lowest BCUT2D eigenvalue weighted by Gasteiger charge is -2.37. The first-order chi connectivity index (χ1) is 16.2. The van der Waals surface area contributed by atoms with Crippen molar-refractivity contribution in [1.29, 1.82) is 0 Å². The highest BCUT2D eigenvalue weighted by Gasteiger charge is 2.31. The van der Waals surface area contributed by atoms with E-state index >= 15 is 0 Å². The first-order valence-corrected chi connectivity index (χ1v) is 11.9. The Morgan fingerprint density at radius 1 is 1.15 bits per heavy atom. The minimum Gasteiger partial charge on any atom is -0.362 e. The zero-order valence-electron chi connectivity index (χ0n) is 20.1. The predicted octanol–water partition coefficient (Wildman–Crippen LogP) is 3.95. The molecule has 0 radical (unpaired) electrons. The number of hydrogen-bond acceptors (Lipinski definition) is 7. The molecule has 3 N–H and O–H groups in total. The van der Waals surface area contributed by atoms with Crippen molar-refractivity contribution in [3.63, 3.8) is 0 Å². The number of anilines is 3. The lowest BCUT2D eigenvalue weighted by Crippen LogP contribution is -2.47. The van der Waals surface area contributed by atoms with Gasteiger partial charge in [0.05, 0.1) is 10.6 Å². The number of benzene rings is 1. The molecule has 1 heterocycles. The van der Waals surface area contributed by atoms with Crippen LogP contribution in [0.25, 0.3) is 0 Å². The predicted molar refractivity (Wildman–Crippen MR) is 133 cm³/mol. The Bertz CT molecular complexity index is 1080. The van der Waals surface area contributed by atoms with E-state index in [0.29, 0.717) is 17.2 Å². The number of urea groups is 1. The van der Waals surface area contributed by atoms with Crippen LogP contribution >= 0.6 is 0 Å². The highest BCUT2D eigenvalue weighted by Crippen LogP contribution is 2.33. The molecule has 2 aliphatic carbocycles. The van der Waals surface area contributed by atoms with Gasteiger partial charge in [-0.15, -0.1) is 0 Å². The number of nitrogens with zero attached hydrogens (tertiary/aromatic N) is 5. The molecule has 0 aliphatic heterocycles. The minimum absolute atomic E-state index is 0.000668. The highest BCUT2D eigenvalue weighted by atomic mass is 16.6. The molecule has 2 aliphatic rings. The number of nitro groups is 1. The van der Waals surface area contributed by atoms with Crippen LogP contribution in [-0.4, -0.2) is 47.1 Å². The van der Waals surface area contributed by atoms with Gasteiger partial charge in [0.15, 0.2) is 0 Å². The van der Waals surface area contributed by atoms with Crippen LogP contribution in [0.15, 0.2) is 18.2 Å². The van der Waals surface area contributed by atoms with E-state index < -0.39 is 11.0 Å². The van der Waals surface area contributed by atoms with E-state index in [-0.39, 0.29) is 17.8 Å². The van der Waals surface area contributed by atoms with Crippen LogP contribution in [0.2, 0.25) is 0 Å². The molecule has 0 unspecified atom stereocenters. The van der Waals surface area contributed by atoms with Gasteiger partial charge in [0.1, 0.15) is 5.82 Å². The summed E-state index contributed by atoms with van der Waals surface area (Å²) in [7, 11) is 4.04. The van der Waals surface area contributed by atoms with E-state index in [0.717, 1.165) is 56.5 Å². The van der Waals surface area contributed by atoms with Crippen LogP contribution in [-0.2, 0) is 12.8 Å². The summed E-state index contributed by atoms with van der Waals surface area (Å²) in [5, 5.41) is 14.6. The number of nitrogens with one attached hydrogen (secondary N) is 1. The van der Waals surface area contributed by atoms with Gasteiger partial charge in [0.25, 0.3) is 5.69 Å². The number of aromatic nitrogens is 2. The van der Waals surface area contributed by atoms with E-state index in [1.807, 2.05) is 14.1 Å². The molecule has 10 heteroatoms. The van der Waals surface area contributed by atoms with E-state index in [4.69, 9.17) is 15.7 Å². The number of amides is 2. The summed E-state index contributed by atoms with van der Waals surface area (Å²) in [6, 6.07) is 4.13. The summed E-state index contributed by atoms with van der Waals surface area (Å²) < 4.78 is 0. The Kier molecular flexibility index (Phi) is 6.85. The molecule has 2 amide bonds. The number of non-ortho nitro benzene ring substituents is 1. The molecule has 0 bridgehead atoms. The standard InChI is InChI=1S/C24H33N7O3/c1-15-14-18(31(33)34)12-13-21(15)30(23(25)32)17-10-8-16(9-11-17)26-24-27-20-7-5-4-6-19(20)22(28-24)29(2)3/h12-14,16-17H,4-11H2,1-3H3,(H2,25,32)(H,26,27,28). The lowest BCUT2D eigenvalue weighted by atomic mass is 9.89. The number of fused-ring (bicyclic) bond motifs is 1. The summed E-state index contributed by atoms with van der Waals surface area (Å²) >= 11 is 0. The zero-order chi connectivity index (χ0) is 24.4. The molecule has 1 aromatic carbocycles. The second kappa shape index (κ2) is 9.82. The van der Waals surface area contributed by atoms with Gasteiger partial charge >= 0.3 is 6.03 Å². The normalized spacial score (nSPS) is 19.7. The third-order valence-electron chi connectivity index (χ3n) is 6.87. The number of carbonyl (C=O) groups excluding carboxylic acids is 1. The summed E-state index contributed by atoms with van der Waals surface area (Å²) in [6.07, 6.45) is 7.58. The number of carbonyl (C=O) groups is 1. The molecule has 0 spiro atoms. The molecule has 0 atom stereocenters. The summed E-state index contributed by atoms with van der Waals surface area (Å²) in [5.41, 5.74) is 9.45. The molecule has 10 nitrogen and oxygen atoms in total. The average molecular weight is 468 g/mol. The average Bonchev–Trinajstić information content (AvgIpc) is 2.80. The summed E-state index contributed by atoms with van der Waals surface area (Å²) in [4.78, 5) is 36.3. The Hall–Kier alpha value is -3.43. The van der Waals surface area contributed by atoms with E-state index in [1.54, 1.807) is 17.9 Å². The van der Waals surface area contributed by atoms with Crippen molar-refractivity contribution in [2.24, 2.45) is 5.73 Å². The first-order valence-electron chi connectivity index (χ1n) is 11.9. The Labute approximate surface area is 199 Å². The topological polar surface area (TPSA) is 131 Å². The maximum absolute atomic E-state index is 12.4. The number of aryl methyl sites for hydroxylation is 2. The van der Waals surface area contributed by atoms with Crippen LogP contribution in [0.1, 0.15) is 55.3 Å². The molecule has 0 saturated heterocycles. The van der Waals surface area contributed by atoms with Gasteiger partial charge in [-0.3, -0.25) is 15.0 Å². The number of hydrogen-bond donors (Lipinski definition) is 2. The van der Waals surface area contributed by atoms with Gasteiger partial charge in [0, 0.05) is 49.6 Å². The van der Waals surface area contributed by atoms with Crippen molar-refractivity contribution in [3.8, 4) is 0 Å². The second-order valence-electron chi connectivity index (χ2n) is 9.48. The Morgan fingerprint density at radius 3 is 2.47 bits per heavy atom. The molecular weight excluding hydrogens is 434 g/mol. The van der Waals surface area contributed by atoms with E-state index in [1.165, 1.54) is 24.1 Å². The first kappa shape index (κ1) is 23.7. The van der Waals surface area contributed by atoms with Gasteiger partial charge in [-0.1, -0.05) is 0 Å². The fourth-order valence-corrected chi connectivity index (χ4v) is 5.19. The molecule has 34 heavy (non-hydrogen) atoms. The van der Waals surface area contributed by atoms with Gasteiger partial charge < -0.3 is 16.0 Å². The molecular formula is C24H33N7O3. The Balaban J connectivity index is 1.46. The third kappa shape index (κ3) is 4.90. The van der Waals surface area contributed by atoms with Crippen molar-refractivity contribution >= 4 is 29.2 Å². The second-order valence-corrected chi connectivity index (χ2v) is 9.48. The minimum atomic E-state index is -0.540. The zero-order valence-corrected chi connectivity index (χ0v) is 20.1. The van der Waals surface area contributed by atoms with Crippen molar-refractivity contribution in [1.82, 2.24) is 9.97 Å². The molecule has 1 saturated carbocycles. The van der Waals surface area contributed by atoms with Crippen LogP contribution in [0.5, 0.6) is 0 Å². The number of primary amides is 1. The van der Waals surface area contributed by atoms with E-state index in [2.05, 4.69) is 10.2 Å². The highest BCUT2D eigenvalue weighted by molar-refractivity contribution is 5.92. The van der Waals surface area contributed by atoms with E-state index in [9.17, 15) is 14.9 Å². The van der Waals surface area contributed by atoms with Crippen LogP contribution in [0.4, 0.5) is 27.9 Å². The monoisotopic (exact) mass is 467 g/mol. The van der Waals surface area contributed by atoms with Crippen molar-refractivity contribution in [2.75, 3.05) is 29.2 Å². The maximum Gasteiger partial charge on any atom is 0.319 e. The molecule has 182 valence electrons. The number of nitrogens with two attached hydrogens (primary N) is 1. The SMILES string of the molecule is Cc1cc([N+](=O)[O-])ccc1N(C(N)=O)C1CCC(Nc2nc3c(c(N(C)C)n2)CCCC3)CC1. The van der Waals surface area contributed by atoms with Gasteiger partial charge in [-0.2, -0.15) is 4.98 Å². The van der Waals surface area contributed by atoms with Crippen LogP contribution < -0.4 is 20.9 Å². The van der Waals surface area contributed by atoms with Crippen molar-refractivity contribution < 1.29 is 9.72 Å². The fourth-order valence-electron chi connectivity index (χ4n) is 5.19. The molecule has 1 aromatic heterocycles. The van der Waals surface area contributed by atoms with Gasteiger partial charge in [0.2, 0.25) is 5.95 Å². The van der Waals surface area contributed by atoms with Crippen molar-refractivity contribution in [2.45, 2.75) is 70.4 Å². The quantitative estimate of drug-likeness (QED) is 0.486.